The van der Waals surface area contributed by atoms with Crippen molar-refractivity contribution in [1.29, 1.82) is 0 Å². The monoisotopic (exact) mass is 703 g/mol. The van der Waals surface area contributed by atoms with Crippen molar-refractivity contribution in [1.82, 2.24) is 0 Å². The molecular formula is C52H78. The van der Waals surface area contributed by atoms with Gasteiger partial charge in [0.2, 0.25) is 0 Å². The molecule has 1 aromatic rings. The molecule has 3 unspecified atom stereocenters. The molecule has 52 heavy (non-hydrogen) atoms. The van der Waals surface area contributed by atoms with Gasteiger partial charge in [-0.05, 0) is 156 Å². The van der Waals surface area contributed by atoms with Crippen LogP contribution in [0.25, 0.3) is 5.57 Å². The highest BCUT2D eigenvalue weighted by Crippen LogP contribution is 2.46. The lowest BCUT2D eigenvalue weighted by molar-refractivity contribution is 0.216. The van der Waals surface area contributed by atoms with Gasteiger partial charge in [0, 0.05) is 5.92 Å². The van der Waals surface area contributed by atoms with Crippen molar-refractivity contribution in [3.8, 4) is 0 Å². The van der Waals surface area contributed by atoms with Gasteiger partial charge in [0.15, 0.2) is 0 Å². The molecule has 1 aromatic carbocycles. The van der Waals surface area contributed by atoms with Crippen LogP contribution in [-0.4, -0.2) is 0 Å². The molecule has 5 atom stereocenters. The summed E-state index contributed by atoms with van der Waals surface area (Å²) < 4.78 is 0. The Kier molecular flexibility index (Phi) is 15.1. The first-order valence-corrected chi connectivity index (χ1v) is 21.6. The van der Waals surface area contributed by atoms with E-state index in [2.05, 4.69) is 113 Å². The van der Waals surface area contributed by atoms with Gasteiger partial charge in [0.05, 0.1) is 0 Å². The van der Waals surface area contributed by atoms with Gasteiger partial charge in [-0.25, -0.2) is 0 Å². The minimum absolute atomic E-state index is 0.168. The molecule has 3 aliphatic rings. The topological polar surface area (TPSA) is 0 Å². The van der Waals surface area contributed by atoms with Crippen LogP contribution >= 0.6 is 0 Å². The molecule has 0 radical (unpaired) electrons. The Bertz CT molecular complexity index is 1530. The van der Waals surface area contributed by atoms with E-state index in [0.717, 1.165) is 37.0 Å². The molecule has 0 aliphatic heterocycles. The number of rotatable bonds is 16. The number of allylic oxidation sites excluding steroid dienone is 11. The van der Waals surface area contributed by atoms with Gasteiger partial charge in [-0.15, -0.1) is 0 Å². The largest absolute Gasteiger partial charge is 0.0953 e. The summed E-state index contributed by atoms with van der Waals surface area (Å²) in [6, 6.07) is 9.73. The summed E-state index contributed by atoms with van der Waals surface area (Å²) in [6.07, 6.45) is 21.5. The van der Waals surface area contributed by atoms with Crippen molar-refractivity contribution < 1.29 is 0 Å². The van der Waals surface area contributed by atoms with Crippen molar-refractivity contribution in [2.75, 3.05) is 0 Å². The molecule has 1 fully saturated rings. The zero-order valence-corrected chi connectivity index (χ0v) is 35.8. The second-order valence-corrected chi connectivity index (χ2v) is 18.4. The summed E-state index contributed by atoms with van der Waals surface area (Å²) >= 11 is 0. The average Bonchev–Trinajstić information content (AvgIpc) is 3.40. The third-order valence-corrected chi connectivity index (χ3v) is 14.4. The maximum Gasteiger partial charge on any atom is 0.00546 e. The van der Waals surface area contributed by atoms with Crippen molar-refractivity contribution >= 4 is 5.57 Å². The van der Waals surface area contributed by atoms with Gasteiger partial charge < -0.3 is 0 Å². The molecule has 0 N–H and O–H groups in total. The van der Waals surface area contributed by atoms with Gasteiger partial charge >= 0.3 is 0 Å². The van der Waals surface area contributed by atoms with Crippen LogP contribution in [-0.2, 0) is 0 Å². The molecule has 0 spiro atoms. The third-order valence-electron chi connectivity index (χ3n) is 14.4. The first kappa shape index (κ1) is 42.1. The molecule has 0 heteroatoms. The second kappa shape index (κ2) is 18.6. The van der Waals surface area contributed by atoms with Crippen LogP contribution in [0.1, 0.15) is 177 Å². The quantitative estimate of drug-likeness (QED) is 0.150. The van der Waals surface area contributed by atoms with Crippen LogP contribution in [0.4, 0.5) is 0 Å². The zero-order chi connectivity index (χ0) is 38.3. The summed E-state index contributed by atoms with van der Waals surface area (Å²) in [4.78, 5) is 0. The summed E-state index contributed by atoms with van der Waals surface area (Å²) in [6.45, 7) is 40.4. The lowest BCUT2D eigenvalue weighted by atomic mass is 9.69. The van der Waals surface area contributed by atoms with Crippen molar-refractivity contribution in [2.45, 2.75) is 166 Å². The number of benzene rings is 1. The van der Waals surface area contributed by atoms with Crippen LogP contribution in [0.15, 0.2) is 101 Å². The predicted octanol–water partition coefficient (Wildman–Crippen LogP) is 16.4. The lowest BCUT2D eigenvalue weighted by Gasteiger charge is -2.36. The SMILES string of the molecule is C=C(C(=C)C(CC)[C@H](CCC1CCC(CC)CC1)c1ccc(C2=C(C)C(C)C=C2C)cc1)C(C)C(=C)/C(=C\C1=C(CC)CC[C@H](C(C)(C)C)C1)CC. The molecule has 0 bridgehead atoms. The second-order valence-electron chi connectivity index (χ2n) is 18.4. The van der Waals surface area contributed by atoms with Gasteiger partial charge in [-0.1, -0.05) is 162 Å². The van der Waals surface area contributed by atoms with E-state index in [4.69, 9.17) is 19.7 Å². The van der Waals surface area contributed by atoms with Gasteiger partial charge in [0.25, 0.3) is 0 Å². The fourth-order valence-corrected chi connectivity index (χ4v) is 10.2. The molecule has 0 nitrogen and oxygen atoms in total. The average molecular weight is 703 g/mol. The van der Waals surface area contributed by atoms with E-state index in [1.807, 2.05) is 0 Å². The standard InChI is InChI=1S/C52H78/c1-15-41-19-21-42(22-20-41)23-30-50(45-24-26-46(27-25-45)51-35(6)31-34(5)36(51)7)49(18-4)40(11)38(9)37(8)39(10)44(17-3)32-47-33-48(52(12,13)14)29-28-43(47)16-2/h24-27,31-32,34,37,41-42,48-50H,9-11,15-23,28-30,33H2,1-8,12-14H3/b44-32-/t34?,37?,41?,42?,48-,49?,50+/m0/s1. The van der Waals surface area contributed by atoms with Gasteiger partial charge in [-0.2, -0.15) is 0 Å². The minimum Gasteiger partial charge on any atom is -0.0953 e. The Hall–Kier alpha value is -2.60. The van der Waals surface area contributed by atoms with Gasteiger partial charge in [0.1, 0.15) is 0 Å². The summed E-state index contributed by atoms with van der Waals surface area (Å²) in [5.74, 6) is 4.03. The highest BCUT2D eigenvalue weighted by molar-refractivity contribution is 5.84. The molecule has 286 valence electrons. The molecule has 0 heterocycles. The van der Waals surface area contributed by atoms with E-state index in [-0.39, 0.29) is 5.92 Å². The van der Waals surface area contributed by atoms with E-state index >= 15 is 0 Å². The Morgan fingerprint density at radius 3 is 2.02 bits per heavy atom. The first-order chi connectivity index (χ1) is 24.6. The van der Waals surface area contributed by atoms with E-state index in [1.54, 1.807) is 11.1 Å². The van der Waals surface area contributed by atoms with Crippen LogP contribution in [0.5, 0.6) is 0 Å². The maximum absolute atomic E-state index is 4.88. The lowest BCUT2D eigenvalue weighted by Crippen LogP contribution is -2.24. The van der Waals surface area contributed by atoms with Gasteiger partial charge in [-0.3, -0.25) is 0 Å². The third kappa shape index (κ3) is 9.93. The van der Waals surface area contributed by atoms with Crippen LogP contribution in [0.3, 0.4) is 0 Å². The highest BCUT2D eigenvalue weighted by Gasteiger charge is 2.32. The zero-order valence-electron chi connectivity index (χ0n) is 35.8. The highest BCUT2D eigenvalue weighted by atomic mass is 14.4. The van der Waals surface area contributed by atoms with Crippen LogP contribution < -0.4 is 0 Å². The van der Waals surface area contributed by atoms with Crippen LogP contribution in [0, 0.1) is 40.9 Å². The maximum atomic E-state index is 4.88. The van der Waals surface area contributed by atoms with Crippen molar-refractivity contribution in [2.24, 2.45) is 40.9 Å². The van der Waals surface area contributed by atoms with Crippen molar-refractivity contribution in [3.63, 3.8) is 0 Å². The Morgan fingerprint density at radius 1 is 0.865 bits per heavy atom. The fourth-order valence-electron chi connectivity index (χ4n) is 10.2. The number of hydrogen-bond acceptors (Lipinski definition) is 0. The molecular weight excluding hydrogens is 625 g/mol. The van der Waals surface area contributed by atoms with E-state index in [1.165, 1.54) is 114 Å². The molecule has 3 aliphatic carbocycles. The number of hydrogen-bond donors (Lipinski definition) is 0. The molecule has 1 saturated carbocycles. The normalized spacial score (nSPS) is 24.8. The fraction of sp³-hybridized carbons (Fsp3) is 0.615. The van der Waals surface area contributed by atoms with E-state index in [9.17, 15) is 0 Å². The Labute approximate surface area is 322 Å². The smallest absolute Gasteiger partial charge is 0.00546 e. The Morgan fingerprint density at radius 2 is 1.50 bits per heavy atom. The predicted molar refractivity (Wildman–Crippen MR) is 233 cm³/mol. The van der Waals surface area contributed by atoms with E-state index < -0.39 is 0 Å². The minimum atomic E-state index is 0.168. The Balaban J connectivity index is 1.59. The molecule has 4 rings (SSSR count). The first-order valence-electron chi connectivity index (χ1n) is 21.6. The molecule has 0 amide bonds. The molecule has 0 aromatic heterocycles. The van der Waals surface area contributed by atoms with Crippen molar-refractivity contribution in [3.05, 3.63) is 112 Å². The summed E-state index contributed by atoms with van der Waals surface area (Å²) in [5.41, 5.74) is 15.8. The van der Waals surface area contributed by atoms with E-state index in [0.29, 0.717) is 23.2 Å². The summed E-state index contributed by atoms with van der Waals surface area (Å²) in [5, 5.41) is 0. The van der Waals surface area contributed by atoms with Crippen LogP contribution in [0.2, 0.25) is 0 Å². The summed E-state index contributed by atoms with van der Waals surface area (Å²) in [7, 11) is 0. The molecule has 0 saturated heterocycles.